The maximum atomic E-state index is 6.05. The molecule has 1 aromatic carbocycles. The number of anilines is 1. The van der Waals surface area contributed by atoms with Crippen LogP contribution in [0.3, 0.4) is 0 Å². The van der Waals surface area contributed by atoms with Crippen molar-refractivity contribution in [3.05, 3.63) is 42.2 Å². The van der Waals surface area contributed by atoms with Crippen molar-refractivity contribution in [3.8, 4) is 0 Å². The fourth-order valence-electron chi connectivity index (χ4n) is 3.04. The summed E-state index contributed by atoms with van der Waals surface area (Å²) >= 11 is 6.05. The van der Waals surface area contributed by atoms with E-state index in [0.29, 0.717) is 11.1 Å². The van der Waals surface area contributed by atoms with Crippen LogP contribution in [0.5, 0.6) is 0 Å². The third-order valence-electron chi connectivity index (χ3n) is 4.08. The molecule has 1 aliphatic heterocycles. The molecule has 1 aliphatic rings. The average molecular weight is 315 g/mol. The maximum absolute atomic E-state index is 6.05. The molecule has 0 aliphatic carbocycles. The van der Waals surface area contributed by atoms with E-state index in [0.717, 1.165) is 42.7 Å². The van der Waals surface area contributed by atoms with Gasteiger partial charge in [-0.15, -0.1) is 0 Å². The fraction of sp³-hybridized carbons (Fsp3) is 0.333. The molecule has 1 fully saturated rings. The van der Waals surface area contributed by atoms with Gasteiger partial charge in [0.05, 0.1) is 11.6 Å². The number of piperidine rings is 1. The van der Waals surface area contributed by atoms with Gasteiger partial charge in [-0.2, -0.15) is 5.10 Å². The Morgan fingerprint density at radius 1 is 1.18 bits per heavy atom. The monoisotopic (exact) mass is 314 g/mol. The van der Waals surface area contributed by atoms with Crippen LogP contribution in [0, 0.1) is 0 Å². The molecule has 6 nitrogen and oxygen atoms in total. The zero-order valence-corrected chi connectivity index (χ0v) is 12.7. The first-order valence-electron chi connectivity index (χ1n) is 7.30. The first-order chi connectivity index (χ1) is 10.8. The molecule has 0 saturated carbocycles. The Balaban J connectivity index is 1.69. The minimum absolute atomic E-state index is 0.327. The number of aromatic nitrogens is 5. The number of nitrogens with zero attached hydrogens (tertiary/aromatic N) is 6. The van der Waals surface area contributed by atoms with Crippen molar-refractivity contribution in [2.24, 2.45) is 0 Å². The van der Waals surface area contributed by atoms with E-state index in [1.165, 1.54) is 0 Å². The molecule has 3 aromatic rings. The summed E-state index contributed by atoms with van der Waals surface area (Å²) in [4.78, 5) is 15.2. The number of fused-ring (bicyclic) bond motifs is 1. The number of hydrogen-bond acceptors (Lipinski definition) is 5. The van der Waals surface area contributed by atoms with Crippen molar-refractivity contribution in [2.75, 3.05) is 18.0 Å². The Bertz CT molecular complexity index is 788. The van der Waals surface area contributed by atoms with Gasteiger partial charge in [0, 0.05) is 23.5 Å². The van der Waals surface area contributed by atoms with E-state index in [1.54, 1.807) is 19.0 Å². The predicted octanol–water partition coefficient (Wildman–Crippen LogP) is 2.72. The van der Waals surface area contributed by atoms with Gasteiger partial charge < -0.3 is 4.90 Å². The van der Waals surface area contributed by atoms with Crippen molar-refractivity contribution in [2.45, 2.75) is 18.9 Å². The van der Waals surface area contributed by atoms with Crippen LogP contribution in [0.1, 0.15) is 18.9 Å². The van der Waals surface area contributed by atoms with E-state index in [2.05, 4.69) is 25.0 Å². The van der Waals surface area contributed by atoms with Crippen LogP contribution < -0.4 is 4.90 Å². The molecule has 1 saturated heterocycles. The maximum Gasteiger partial charge on any atom is 0.139 e. The molecule has 7 heteroatoms. The van der Waals surface area contributed by atoms with Crippen molar-refractivity contribution in [1.82, 2.24) is 24.7 Å². The molecule has 22 heavy (non-hydrogen) atoms. The molecule has 4 rings (SSSR count). The Kier molecular flexibility index (Phi) is 3.38. The van der Waals surface area contributed by atoms with Crippen LogP contribution in [-0.2, 0) is 0 Å². The molecule has 0 unspecified atom stereocenters. The summed E-state index contributed by atoms with van der Waals surface area (Å²) < 4.78 is 1.94. The van der Waals surface area contributed by atoms with E-state index >= 15 is 0 Å². The lowest BCUT2D eigenvalue weighted by Gasteiger charge is -2.33. The van der Waals surface area contributed by atoms with Gasteiger partial charge in [0.25, 0.3) is 0 Å². The summed E-state index contributed by atoms with van der Waals surface area (Å²) in [6.07, 6.45) is 7.18. The smallest absolute Gasteiger partial charge is 0.139 e. The zero-order chi connectivity index (χ0) is 14.9. The van der Waals surface area contributed by atoms with E-state index < -0.39 is 0 Å². The zero-order valence-electron chi connectivity index (χ0n) is 11.9. The average Bonchev–Trinajstić information content (AvgIpc) is 3.08. The molecule has 0 amide bonds. The lowest BCUT2D eigenvalue weighted by Crippen LogP contribution is -2.37. The number of hydrogen-bond donors (Lipinski definition) is 0. The second-order valence-electron chi connectivity index (χ2n) is 5.48. The topological polar surface area (TPSA) is 59.7 Å². The summed E-state index contributed by atoms with van der Waals surface area (Å²) in [5.41, 5.74) is 0.875. The van der Waals surface area contributed by atoms with Crippen LogP contribution in [0.2, 0.25) is 5.02 Å². The lowest BCUT2D eigenvalue weighted by atomic mass is 10.1. The Hall–Kier alpha value is -2.21. The van der Waals surface area contributed by atoms with Gasteiger partial charge >= 0.3 is 0 Å². The first-order valence-corrected chi connectivity index (χ1v) is 7.68. The molecule has 112 valence electrons. The van der Waals surface area contributed by atoms with Crippen LogP contribution in [0.4, 0.5) is 5.82 Å². The molecule has 0 bridgehead atoms. The first kappa shape index (κ1) is 13.5. The highest BCUT2D eigenvalue weighted by atomic mass is 35.5. The van der Waals surface area contributed by atoms with Crippen LogP contribution in [0.15, 0.2) is 37.2 Å². The normalized spacial score (nSPS) is 18.8. The van der Waals surface area contributed by atoms with E-state index in [1.807, 2.05) is 22.9 Å². The molecular weight excluding hydrogens is 300 g/mol. The summed E-state index contributed by atoms with van der Waals surface area (Å²) in [6.45, 7) is 1.86. The highest BCUT2D eigenvalue weighted by molar-refractivity contribution is 6.31. The highest BCUT2D eigenvalue weighted by Crippen LogP contribution is 2.29. The molecule has 1 atom stereocenters. The van der Waals surface area contributed by atoms with Crippen LogP contribution in [-0.4, -0.2) is 37.8 Å². The Morgan fingerprint density at radius 3 is 3.00 bits per heavy atom. The molecule has 2 aromatic heterocycles. The molecule has 3 heterocycles. The molecule has 0 N–H and O–H groups in total. The van der Waals surface area contributed by atoms with E-state index in [9.17, 15) is 0 Å². The summed E-state index contributed by atoms with van der Waals surface area (Å²) in [5, 5.41) is 6.00. The van der Waals surface area contributed by atoms with Crippen molar-refractivity contribution in [3.63, 3.8) is 0 Å². The van der Waals surface area contributed by atoms with Gasteiger partial charge in [0.2, 0.25) is 0 Å². The van der Waals surface area contributed by atoms with Crippen molar-refractivity contribution in [1.29, 1.82) is 0 Å². The van der Waals surface area contributed by atoms with E-state index in [-0.39, 0.29) is 0 Å². The number of benzene rings is 1. The van der Waals surface area contributed by atoms with E-state index in [4.69, 9.17) is 11.6 Å². The number of halogens is 1. The standard InChI is InChI=1S/C15H15ClN6/c16-11-3-4-13-14(6-11)18-9-19-15(13)21-5-1-2-12(7-21)22-10-17-8-20-22/h3-4,6,8-10,12H,1-2,5,7H2/t12-/m1/s1. The third kappa shape index (κ3) is 2.39. The quantitative estimate of drug-likeness (QED) is 0.728. The minimum atomic E-state index is 0.327. The SMILES string of the molecule is Clc1ccc2c(N3CCC[C@@H](n4cncn4)C3)ncnc2c1. The highest BCUT2D eigenvalue weighted by Gasteiger charge is 2.24. The predicted molar refractivity (Wildman–Crippen MR) is 85.1 cm³/mol. The van der Waals surface area contributed by atoms with Gasteiger partial charge in [0.1, 0.15) is 24.8 Å². The summed E-state index contributed by atoms with van der Waals surface area (Å²) in [7, 11) is 0. The van der Waals surface area contributed by atoms with Gasteiger partial charge in [-0.05, 0) is 31.0 Å². The van der Waals surface area contributed by atoms with Gasteiger partial charge in [-0.3, -0.25) is 0 Å². The fourth-order valence-corrected chi connectivity index (χ4v) is 3.20. The van der Waals surface area contributed by atoms with Crippen molar-refractivity contribution >= 4 is 28.3 Å². The second-order valence-corrected chi connectivity index (χ2v) is 5.91. The van der Waals surface area contributed by atoms with Crippen LogP contribution in [0.25, 0.3) is 10.9 Å². The van der Waals surface area contributed by atoms with Gasteiger partial charge in [-0.25, -0.2) is 19.6 Å². The lowest BCUT2D eigenvalue weighted by molar-refractivity contribution is 0.374. The molecular formula is C15H15ClN6. The number of rotatable bonds is 2. The summed E-state index contributed by atoms with van der Waals surface area (Å²) in [5.74, 6) is 0.964. The minimum Gasteiger partial charge on any atom is -0.354 e. The third-order valence-corrected chi connectivity index (χ3v) is 4.32. The Morgan fingerprint density at radius 2 is 2.14 bits per heavy atom. The van der Waals surface area contributed by atoms with Crippen LogP contribution >= 0.6 is 11.6 Å². The summed E-state index contributed by atoms with van der Waals surface area (Å²) in [6, 6.07) is 6.08. The molecule has 0 radical (unpaired) electrons. The van der Waals surface area contributed by atoms with Gasteiger partial charge in [0.15, 0.2) is 0 Å². The van der Waals surface area contributed by atoms with Gasteiger partial charge in [-0.1, -0.05) is 11.6 Å². The Labute approximate surface area is 132 Å². The largest absolute Gasteiger partial charge is 0.354 e. The second kappa shape index (κ2) is 5.53. The van der Waals surface area contributed by atoms with Crippen molar-refractivity contribution < 1.29 is 0 Å². The molecule has 0 spiro atoms.